The summed E-state index contributed by atoms with van der Waals surface area (Å²) in [6.45, 7) is 4.44. The van der Waals surface area contributed by atoms with Gasteiger partial charge >= 0.3 is 0 Å². The Morgan fingerprint density at radius 3 is 2.65 bits per heavy atom. The van der Waals surface area contributed by atoms with Crippen molar-refractivity contribution >= 4 is 5.91 Å². The van der Waals surface area contributed by atoms with Crippen molar-refractivity contribution in [2.45, 2.75) is 32.2 Å². The van der Waals surface area contributed by atoms with Gasteiger partial charge in [-0.1, -0.05) is 12.8 Å². The van der Waals surface area contributed by atoms with Gasteiger partial charge < -0.3 is 4.90 Å². The molecule has 6 heteroatoms. The highest BCUT2D eigenvalue weighted by Gasteiger charge is 2.29. The molecule has 1 aliphatic heterocycles. The fourth-order valence-corrected chi connectivity index (χ4v) is 4.10. The summed E-state index contributed by atoms with van der Waals surface area (Å²) in [5, 5.41) is 4.63. The Labute approximate surface area is 154 Å². The summed E-state index contributed by atoms with van der Waals surface area (Å²) in [5.41, 5.74) is 3.20. The normalized spacial score (nSPS) is 19.2. The summed E-state index contributed by atoms with van der Waals surface area (Å²) < 4.78 is 1.96. The first-order valence-corrected chi connectivity index (χ1v) is 9.65. The number of aryl methyl sites for hydroxylation is 1. The zero-order valence-corrected chi connectivity index (χ0v) is 15.5. The lowest BCUT2D eigenvalue weighted by atomic mass is 10.1. The molecule has 1 aliphatic carbocycles. The van der Waals surface area contributed by atoms with E-state index in [1.807, 2.05) is 30.1 Å². The van der Waals surface area contributed by atoms with Crippen molar-refractivity contribution in [3.63, 3.8) is 0 Å². The smallest absolute Gasteiger partial charge is 0.225 e. The molecule has 2 aliphatic rings. The summed E-state index contributed by atoms with van der Waals surface area (Å²) in [5.74, 6) is 0.683. The highest BCUT2D eigenvalue weighted by atomic mass is 16.2. The maximum absolute atomic E-state index is 12.6. The van der Waals surface area contributed by atoms with Gasteiger partial charge in [0.25, 0.3) is 0 Å². The van der Waals surface area contributed by atoms with Crippen LogP contribution in [-0.4, -0.2) is 56.7 Å². The Bertz CT molecular complexity index is 743. The minimum Gasteiger partial charge on any atom is -0.340 e. The molecule has 1 saturated heterocycles. The van der Waals surface area contributed by atoms with Gasteiger partial charge in [-0.15, -0.1) is 0 Å². The minimum absolute atomic E-state index is 0.292. The molecule has 0 radical (unpaired) electrons. The van der Waals surface area contributed by atoms with E-state index >= 15 is 0 Å². The van der Waals surface area contributed by atoms with E-state index in [2.05, 4.69) is 25.9 Å². The number of aromatic nitrogens is 3. The number of hydrogen-bond acceptors (Lipinski definition) is 4. The van der Waals surface area contributed by atoms with Gasteiger partial charge in [-0.3, -0.25) is 19.4 Å². The maximum atomic E-state index is 12.6. The molecule has 2 aromatic rings. The first-order valence-electron chi connectivity index (χ1n) is 9.65. The molecule has 26 heavy (non-hydrogen) atoms. The number of rotatable bonds is 4. The third-order valence-corrected chi connectivity index (χ3v) is 5.71. The molecule has 2 aromatic heterocycles. The van der Waals surface area contributed by atoms with Gasteiger partial charge in [0.1, 0.15) is 0 Å². The monoisotopic (exact) mass is 353 g/mol. The van der Waals surface area contributed by atoms with E-state index < -0.39 is 0 Å². The van der Waals surface area contributed by atoms with E-state index in [1.165, 1.54) is 18.5 Å². The molecular weight excluding hydrogens is 326 g/mol. The summed E-state index contributed by atoms with van der Waals surface area (Å²) in [7, 11) is 2.00. The lowest BCUT2D eigenvalue weighted by Crippen LogP contribution is -2.49. The molecular formula is C20H27N5O. The number of carbonyl (C=O) groups excluding carboxylic acids is 1. The predicted octanol–water partition coefficient (Wildman–Crippen LogP) is 2.32. The van der Waals surface area contributed by atoms with Crippen LogP contribution in [-0.2, 0) is 18.4 Å². The SMILES string of the molecule is Cn1nc(-c2cccnc2)cc1CN1CCN(C(=O)C2CCCC2)CC1. The Morgan fingerprint density at radius 2 is 1.96 bits per heavy atom. The molecule has 0 unspecified atom stereocenters. The fourth-order valence-electron chi connectivity index (χ4n) is 4.10. The van der Waals surface area contributed by atoms with Crippen LogP contribution < -0.4 is 0 Å². The van der Waals surface area contributed by atoms with Gasteiger partial charge in [0.2, 0.25) is 5.91 Å². The zero-order chi connectivity index (χ0) is 17.9. The highest BCUT2D eigenvalue weighted by Crippen LogP contribution is 2.27. The second-order valence-corrected chi connectivity index (χ2v) is 7.47. The number of hydrogen-bond donors (Lipinski definition) is 0. The van der Waals surface area contributed by atoms with E-state index in [-0.39, 0.29) is 0 Å². The molecule has 2 fully saturated rings. The van der Waals surface area contributed by atoms with Gasteiger partial charge in [0, 0.05) is 63.6 Å². The lowest BCUT2D eigenvalue weighted by molar-refractivity contribution is -0.137. The summed E-state index contributed by atoms with van der Waals surface area (Å²) in [6.07, 6.45) is 8.24. The van der Waals surface area contributed by atoms with Gasteiger partial charge in [-0.25, -0.2) is 0 Å². The molecule has 0 aromatic carbocycles. The van der Waals surface area contributed by atoms with Crippen molar-refractivity contribution in [2.75, 3.05) is 26.2 Å². The maximum Gasteiger partial charge on any atom is 0.225 e. The Morgan fingerprint density at radius 1 is 1.19 bits per heavy atom. The number of amides is 1. The van der Waals surface area contributed by atoms with Crippen LogP contribution in [0.1, 0.15) is 31.4 Å². The van der Waals surface area contributed by atoms with Crippen molar-refractivity contribution in [2.24, 2.45) is 13.0 Å². The third kappa shape index (κ3) is 3.65. The second kappa shape index (κ2) is 7.58. The summed E-state index contributed by atoms with van der Waals surface area (Å²) in [6, 6.07) is 6.11. The van der Waals surface area contributed by atoms with Crippen LogP contribution in [0.2, 0.25) is 0 Å². The van der Waals surface area contributed by atoms with E-state index in [9.17, 15) is 4.79 Å². The molecule has 1 amide bonds. The largest absolute Gasteiger partial charge is 0.340 e. The standard InChI is InChI=1S/C20H27N5O/c1-23-18(13-19(22-23)17-7-4-8-21-14-17)15-24-9-11-25(12-10-24)20(26)16-5-2-3-6-16/h4,7-8,13-14,16H,2-3,5-6,9-12,15H2,1H3. The Balaban J connectivity index is 1.34. The molecule has 0 atom stereocenters. The average Bonchev–Trinajstić information content (AvgIpc) is 3.33. The van der Waals surface area contributed by atoms with Gasteiger partial charge in [0.15, 0.2) is 0 Å². The average molecular weight is 353 g/mol. The lowest BCUT2D eigenvalue weighted by Gasteiger charge is -2.35. The van der Waals surface area contributed by atoms with Crippen LogP contribution in [0.5, 0.6) is 0 Å². The Hall–Kier alpha value is -2.21. The third-order valence-electron chi connectivity index (χ3n) is 5.71. The molecule has 0 spiro atoms. The zero-order valence-electron chi connectivity index (χ0n) is 15.5. The molecule has 138 valence electrons. The number of pyridine rings is 1. The van der Waals surface area contributed by atoms with Crippen molar-refractivity contribution in [3.05, 3.63) is 36.3 Å². The summed E-state index contributed by atoms with van der Waals surface area (Å²) in [4.78, 5) is 21.2. The van der Waals surface area contributed by atoms with Crippen molar-refractivity contribution in [1.29, 1.82) is 0 Å². The van der Waals surface area contributed by atoms with Crippen LogP contribution in [0.4, 0.5) is 0 Å². The predicted molar refractivity (Wildman–Crippen MR) is 100 cm³/mol. The van der Waals surface area contributed by atoms with Crippen molar-refractivity contribution in [1.82, 2.24) is 24.6 Å². The van der Waals surface area contributed by atoms with Gasteiger partial charge in [-0.05, 0) is 31.0 Å². The topological polar surface area (TPSA) is 54.3 Å². The minimum atomic E-state index is 0.292. The van der Waals surface area contributed by atoms with E-state index in [1.54, 1.807) is 6.20 Å². The van der Waals surface area contributed by atoms with E-state index in [4.69, 9.17) is 0 Å². The first-order chi connectivity index (χ1) is 12.7. The quantitative estimate of drug-likeness (QED) is 0.846. The van der Waals surface area contributed by atoms with Crippen LogP contribution in [0.25, 0.3) is 11.3 Å². The van der Waals surface area contributed by atoms with Crippen LogP contribution in [0.15, 0.2) is 30.6 Å². The second-order valence-electron chi connectivity index (χ2n) is 7.47. The van der Waals surface area contributed by atoms with Crippen LogP contribution in [0, 0.1) is 5.92 Å². The number of carbonyl (C=O) groups is 1. The molecule has 1 saturated carbocycles. The number of nitrogens with zero attached hydrogens (tertiary/aromatic N) is 5. The number of piperazine rings is 1. The van der Waals surface area contributed by atoms with Crippen LogP contribution >= 0.6 is 0 Å². The van der Waals surface area contributed by atoms with Crippen molar-refractivity contribution < 1.29 is 4.79 Å². The molecule has 6 nitrogen and oxygen atoms in total. The fraction of sp³-hybridized carbons (Fsp3) is 0.550. The highest BCUT2D eigenvalue weighted by molar-refractivity contribution is 5.79. The van der Waals surface area contributed by atoms with Gasteiger partial charge in [0.05, 0.1) is 11.4 Å². The molecule has 4 rings (SSSR count). The molecule has 3 heterocycles. The van der Waals surface area contributed by atoms with Crippen molar-refractivity contribution in [3.8, 4) is 11.3 Å². The summed E-state index contributed by atoms with van der Waals surface area (Å²) >= 11 is 0. The molecule has 0 N–H and O–H groups in total. The van der Waals surface area contributed by atoms with Gasteiger partial charge in [-0.2, -0.15) is 5.10 Å². The van der Waals surface area contributed by atoms with Crippen LogP contribution in [0.3, 0.4) is 0 Å². The molecule has 0 bridgehead atoms. The van der Waals surface area contributed by atoms with E-state index in [0.29, 0.717) is 11.8 Å². The van der Waals surface area contributed by atoms with E-state index in [0.717, 1.165) is 56.8 Å². The first kappa shape index (κ1) is 17.2. The Kier molecular flexibility index (Phi) is 5.02.